The Hall–Kier alpha value is -1.60. The molecule has 4 rings (SSSR count). The quantitative estimate of drug-likeness (QED) is 0.780. The van der Waals surface area contributed by atoms with Crippen LogP contribution in [0.2, 0.25) is 0 Å². The molecular formula is C19H25BrN4O2. The van der Waals surface area contributed by atoms with Crippen molar-refractivity contribution < 1.29 is 4.79 Å². The van der Waals surface area contributed by atoms with Gasteiger partial charge in [0.1, 0.15) is 0 Å². The Balaban J connectivity index is 1.37. The maximum Gasteiger partial charge on any atom is 0.326 e. The number of piperidine rings is 1. The number of H-pyrrole nitrogens is 1. The van der Waals surface area contributed by atoms with Gasteiger partial charge in [-0.2, -0.15) is 0 Å². The van der Waals surface area contributed by atoms with Gasteiger partial charge in [-0.05, 0) is 50.8 Å². The third-order valence-corrected chi connectivity index (χ3v) is 5.96. The van der Waals surface area contributed by atoms with Crippen LogP contribution in [0.3, 0.4) is 0 Å². The van der Waals surface area contributed by atoms with Crippen LogP contribution >= 0.6 is 15.9 Å². The van der Waals surface area contributed by atoms with Crippen molar-refractivity contribution in [1.29, 1.82) is 0 Å². The van der Waals surface area contributed by atoms with Crippen molar-refractivity contribution in [3.8, 4) is 0 Å². The number of likely N-dealkylation sites (tertiary alicyclic amines) is 1. The first-order valence-corrected chi connectivity index (χ1v) is 10.2. The maximum atomic E-state index is 12.4. The lowest BCUT2D eigenvalue weighted by Gasteiger charge is -2.34. The Kier molecular flexibility index (Phi) is 4.92. The van der Waals surface area contributed by atoms with Crippen LogP contribution in [0.5, 0.6) is 0 Å². The summed E-state index contributed by atoms with van der Waals surface area (Å²) < 4.78 is 2.88. The van der Waals surface area contributed by atoms with Crippen LogP contribution in [-0.2, 0) is 4.79 Å². The lowest BCUT2D eigenvalue weighted by molar-refractivity contribution is -0.123. The number of aromatic nitrogens is 2. The fourth-order valence-corrected chi connectivity index (χ4v) is 4.33. The van der Waals surface area contributed by atoms with Gasteiger partial charge in [-0.3, -0.25) is 9.36 Å². The van der Waals surface area contributed by atoms with Crippen LogP contribution < -0.4 is 11.0 Å². The van der Waals surface area contributed by atoms with Crippen molar-refractivity contribution in [2.45, 2.75) is 44.7 Å². The van der Waals surface area contributed by atoms with Crippen molar-refractivity contribution in [2.75, 3.05) is 19.6 Å². The summed E-state index contributed by atoms with van der Waals surface area (Å²) in [6.45, 7) is 4.85. The smallest absolute Gasteiger partial charge is 0.326 e. The molecule has 1 unspecified atom stereocenters. The fourth-order valence-electron chi connectivity index (χ4n) is 3.97. The predicted octanol–water partition coefficient (Wildman–Crippen LogP) is 2.64. The number of fused-ring (bicyclic) bond motifs is 1. The first-order chi connectivity index (χ1) is 12.5. The average Bonchev–Trinajstić information content (AvgIpc) is 3.39. The summed E-state index contributed by atoms with van der Waals surface area (Å²) in [4.78, 5) is 29.7. The Morgan fingerprint density at radius 1 is 1.31 bits per heavy atom. The van der Waals surface area contributed by atoms with Crippen molar-refractivity contribution in [2.24, 2.45) is 5.92 Å². The van der Waals surface area contributed by atoms with Crippen molar-refractivity contribution >= 4 is 32.9 Å². The summed E-state index contributed by atoms with van der Waals surface area (Å²) in [5, 5.41) is 3.12. The van der Waals surface area contributed by atoms with E-state index in [0.29, 0.717) is 0 Å². The summed E-state index contributed by atoms with van der Waals surface area (Å²) in [6, 6.07) is 6.33. The van der Waals surface area contributed by atoms with Crippen molar-refractivity contribution in [3.63, 3.8) is 0 Å². The predicted molar refractivity (Wildman–Crippen MR) is 105 cm³/mol. The highest BCUT2D eigenvalue weighted by Gasteiger charge is 2.31. The minimum atomic E-state index is -0.0263. The largest absolute Gasteiger partial charge is 0.352 e. The van der Waals surface area contributed by atoms with Crippen molar-refractivity contribution in [3.05, 3.63) is 33.2 Å². The number of benzene rings is 1. The number of rotatable bonds is 5. The lowest BCUT2D eigenvalue weighted by Crippen LogP contribution is -2.45. The zero-order valence-corrected chi connectivity index (χ0v) is 16.6. The van der Waals surface area contributed by atoms with Gasteiger partial charge < -0.3 is 15.2 Å². The number of nitrogens with zero attached hydrogens (tertiary/aromatic N) is 2. The summed E-state index contributed by atoms with van der Waals surface area (Å²) in [7, 11) is 0. The van der Waals surface area contributed by atoms with E-state index >= 15 is 0 Å². The van der Waals surface area contributed by atoms with Gasteiger partial charge >= 0.3 is 5.69 Å². The summed E-state index contributed by atoms with van der Waals surface area (Å²) >= 11 is 3.45. The Bertz CT molecular complexity index is 862. The number of imidazole rings is 1. The van der Waals surface area contributed by atoms with E-state index < -0.39 is 0 Å². The minimum Gasteiger partial charge on any atom is -0.352 e. The molecule has 7 heteroatoms. The van der Waals surface area contributed by atoms with Gasteiger partial charge in [-0.25, -0.2) is 4.79 Å². The molecule has 6 nitrogen and oxygen atoms in total. The van der Waals surface area contributed by atoms with Gasteiger partial charge in [-0.1, -0.05) is 15.9 Å². The number of aromatic amines is 1. The summed E-state index contributed by atoms with van der Waals surface area (Å²) in [5.41, 5.74) is 1.83. The molecule has 2 heterocycles. The van der Waals surface area contributed by atoms with Crippen LogP contribution in [-0.4, -0.2) is 46.0 Å². The molecule has 1 saturated carbocycles. The molecule has 2 aliphatic rings. The standard InChI is InChI=1S/C19H25BrN4O2/c1-12(21-18(25)13-2-3-13)11-23-8-6-15(7-9-23)24-17-5-4-14(20)10-16(17)22-19(24)26/h4-5,10,12-13,15H,2-3,6-9,11H2,1H3,(H,21,25)(H,22,26). The Morgan fingerprint density at radius 2 is 2.04 bits per heavy atom. The second-order valence-electron chi connectivity index (χ2n) is 7.68. The molecule has 1 aliphatic carbocycles. The third kappa shape index (κ3) is 3.74. The van der Waals surface area contributed by atoms with Crippen LogP contribution in [0.4, 0.5) is 0 Å². The molecule has 0 spiro atoms. The summed E-state index contributed by atoms with van der Waals surface area (Å²) in [5.74, 6) is 0.473. The monoisotopic (exact) mass is 420 g/mol. The molecule has 1 saturated heterocycles. The molecule has 2 aromatic rings. The van der Waals surface area contributed by atoms with Gasteiger partial charge in [0.15, 0.2) is 0 Å². The first kappa shape index (κ1) is 17.8. The maximum absolute atomic E-state index is 12.4. The number of amides is 1. The van der Waals surface area contributed by atoms with E-state index in [1.54, 1.807) is 0 Å². The molecular weight excluding hydrogens is 396 g/mol. The highest BCUT2D eigenvalue weighted by atomic mass is 79.9. The van der Waals surface area contributed by atoms with Crippen LogP contribution in [0.25, 0.3) is 11.0 Å². The Labute approximate surface area is 161 Å². The van der Waals surface area contributed by atoms with E-state index in [9.17, 15) is 9.59 Å². The molecule has 0 radical (unpaired) electrons. The molecule has 2 N–H and O–H groups in total. The number of hydrogen-bond acceptors (Lipinski definition) is 3. The van der Waals surface area contributed by atoms with Gasteiger partial charge in [-0.15, -0.1) is 0 Å². The highest BCUT2D eigenvalue weighted by Crippen LogP contribution is 2.29. The third-order valence-electron chi connectivity index (χ3n) is 5.47. The van der Waals surface area contributed by atoms with E-state index in [4.69, 9.17) is 0 Å². The molecule has 26 heavy (non-hydrogen) atoms. The fraction of sp³-hybridized carbons (Fsp3) is 0.579. The zero-order valence-electron chi connectivity index (χ0n) is 15.0. The van der Waals surface area contributed by atoms with E-state index in [1.807, 2.05) is 22.8 Å². The van der Waals surface area contributed by atoms with Crippen LogP contribution in [0.15, 0.2) is 27.5 Å². The molecule has 0 bridgehead atoms. The molecule has 140 valence electrons. The van der Waals surface area contributed by atoms with Crippen molar-refractivity contribution in [1.82, 2.24) is 19.8 Å². The van der Waals surface area contributed by atoms with Gasteiger partial charge in [0.05, 0.1) is 11.0 Å². The van der Waals surface area contributed by atoms with E-state index in [0.717, 1.165) is 60.8 Å². The minimum absolute atomic E-state index is 0.0263. The molecule has 1 aromatic heterocycles. The number of nitrogens with one attached hydrogen (secondary N) is 2. The number of hydrogen-bond donors (Lipinski definition) is 2. The average molecular weight is 421 g/mol. The van der Waals surface area contributed by atoms with Gasteiger partial charge in [0.25, 0.3) is 0 Å². The van der Waals surface area contributed by atoms with E-state index in [1.165, 1.54) is 0 Å². The Morgan fingerprint density at radius 3 is 2.73 bits per heavy atom. The lowest BCUT2D eigenvalue weighted by atomic mass is 10.0. The highest BCUT2D eigenvalue weighted by molar-refractivity contribution is 9.10. The molecule has 1 atom stereocenters. The second-order valence-corrected chi connectivity index (χ2v) is 8.59. The van der Waals surface area contributed by atoms with Crippen LogP contribution in [0, 0.1) is 5.92 Å². The first-order valence-electron chi connectivity index (χ1n) is 9.44. The van der Waals surface area contributed by atoms with E-state index in [-0.39, 0.29) is 29.6 Å². The normalized spacial score (nSPS) is 20.4. The second kappa shape index (κ2) is 7.19. The zero-order chi connectivity index (χ0) is 18.3. The molecule has 1 aromatic carbocycles. The van der Waals surface area contributed by atoms with Gasteiger partial charge in [0.2, 0.25) is 5.91 Å². The number of halogens is 1. The molecule has 1 amide bonds. The number of carbonyl (C=O) groups excluding carboxylic acids is 1. The molecule has 2 fully saturated rings. The molecule has 1 aliphatic heterocycles. The number of carbonyl (C=O) groups is 1. The van der Waals surface area contributed by atoms with Crippen LogP contribution in [0.1, 0.15) is 38.6 Å². The summed E-state index contributed by atoms with van der Waals surface area (Å²) in [6.07, 6.45) is 3.98. The SMILES string of the molecule is CC(CN1CCC(n2c(=O)[nH]c3cc(Br)ccc32)CC1)NC(=O)C1CC1. The topological polar surface area (TPSA) is 70.1 Å². The van der Waals surface area contributed by atoms with Gasteiger partial charge in [0, 0.05) is 42.1 Å². The van der Waals surface area contributed by atoms with E-state index in [2.05, 4.69) is 38.1 Å².